The Kier molecular flexibility index (Phi) is 7.69. The summed E-state index contributed by atoms with van der Waals surface area (Å²) in [5.74, 6) is 0.780. The lowest BCUT2D eigenvalue weighted by Gasteiger charge is -2.06. The first-order valence-electron chi connectivity index (χ1n) is 6.07. The van der Waals surface area contributed by atoms with Gasteiger partial charge >= 0.3 is 0 Å². The SMILES string of the molecule is NCCNC(=O)CNC(=O)CSCc1ccccc1. The van der Waals surface area contributed by atoms with Crippen LogP contribution in [0.1, 0.15) is 5.56 Å². The number of rotatable bonds is 8. The van der Waals surface area contributed by atoms with Gasteiger partial charge in [0.15, 0.2) is 0 Å². The van der Waals surface area contributed by atoms with Crippen LogP contribution in [0.15, 0.2) is 30.3 Å². The van der Waals surface area contributed by atoms with Crippen LogP contribution in [0.2, 0.25) is 0 Å². The standard InChI is InChI=1S/C13H19N3O2S/c14-6-7-15-12(17)8-16-13(18)10-19-9-11-4-2-1-3-5-11/h1-5H,6-10,14H2,(H,15,17)(H,16,18). The molecule has 1 aromatic carbocycles. The zero-order chi connectivity index (χ0) is 13.9. The van der Waals surface area contributed by atoms with E-state index in [4.69, 9.17) is 5.73 Å². The average molecular weight is 281 g/mol. The van der Waals surface area contributed by atoms with Crippen LogP contribution in [-0.4, -0.2) is 37.2 Å². The van der Waals surface area contributed by atoms with E-state index >= 15 is 0 Å². The quantitative estimate of drug-likeness (QED) is 0.631. The van der Waals surface area contributed by atoms with Gasteiger partial charge in [0.05, 0.1) is 12.3 Å². The second-order valence-electron chi connectivity index (χ2n) is 3.89. The number of hydrogen-bond acceptors (Lipinski definition) is 4. The van der Waals surface area contributed by atoms with Gasteiger partial charge in [-0.1, -0.05) is 30.3 Å². The van der Waals surface area contributed by atoms with Crippen LogP contribution in [0.25, 0.3) is 0 Å². The minimum Gasteiger partial charge on any atom is -0.353 e. The summed E-state index contributed by atoms with van der Waals surface area (Å²) in [6.07, 6.45) is 0. The molecular formula is C13H19N3O2S. The largest absolute Gasteiger partial charge is 0.353 e. The number of benzene rings is 1. The van der Waals surface area contributed by atoms with E-state index in [1.165, 1.54) is 17.3 Å². The number of thioether (sulfide) groups is 1. The highest BCUT2D eigenvalue weighted by Gasteiger charge is 2.05. The van der Waals surface area contributed by atoms with Gasteiger partial charge in [0.1, 0.15) is 0 Å². The molecule has 0 heterocycles. The third-order valence-electron chi connectivity index (χ3n) is 2.26. The maximum absolute atomic E-state index is 11.5. The van der Waals surface area contributed by atoms with E-state index < -0.39 is 0 Å². The molecule has 0 fully saturated rings. The molecule has 0 aromatic heterocycles. The van der Waals surface area contributed by atoms with Gasteiger partial charge in [-0.05, 0) is 5.56 Å². The molecule has 0 aliphatic carbocycles. The van der Waals surface area contributed by atoms with Gasteiger partial charge < -0.3 is 16.4 Å². The van der Waals surface area contributed by atoms with E-state index in [2.05, 4.69) is 10.6 Å². The van der Waals surface area contributed by atoms with Crippen LogP contribution in [0.5, 0.6) is 0 Å². The minimum atomic E-state index is -0.216. The average Bonchev–Trinajstić information content (AvgIpc) is 2.44. The highest BCUT2D eigenvalue weighted by molar-refractivity contribution is 7.99. The van der Waals surface area contributed by atoms with Gasteiger partial charge in [-0.25, -0.2) is 0 Å². The Balaban J connectivity index is 2.10. The van der Waals surface area contributed by atoms with Crippen LogP contribution in [0.4, 0.5) is 0 Å². The van der Waals surface area contributed by atoms with Crippen LogP contribution < -0.4 is 16.4 Å². The van der Waals surface area contributed by atoms with E-state index in [0.29, 0.717) is 18.8 Å². The second-order valence-corrected chi connectivity index (χ2v) is 4.88. The van der Waals surface area contributed by atoms with Gasteiger partial charge in [0.2, 0.25) is 11.8 Å². The van der Waals surface area contributed by atoms with Crippen molar-refractivity contribution in [3.63, 3.8) is 0 Å². The van der Waals surface area contributed by atoms with E-state index in [9.17, 15) is 9.59 Å². The van der Waals surface area contributed by atoms with Crippen molar-refractivity contribution in [3.8, 4) is 0 Å². The van der Waals surface area contributed by atoms with E-state index in [1.807, 2.05) is 30.3 Å². The van der Waals surface area contributed by atoms with Crippen molar-refractivity contribution in [2.45, 2.75) is 5.75 Å². The van der Waals surface area contributed by atoms with E-state index in [0.717, 1.165) is 5.75 Å². The fourth-order valence-corrected chi connectivity index (χ4v) is 2.16. The van der Waals surface area contributed by atoms with Crippen molar-refractivity contribution in [1.82, 2.24) is 10.6 Å². The first-order valence-corrected chi connectivity index (χ1v) is 7.23. The smallest absolute Gasteiger partial charge is 0.239 e. The third-order valence-corrected chi connectivity index (χ3v) is 3.26. The molecule has 4 N–H and O–H groups in total. The summed E-state index contributed by atoms with van der Waals surface area (Å²) in [7, 11) is 0. The van der Waals surface area contributed by atoms with Crippen molar-refractivity contribution in [2.75, 3.05) is 25.4 Å². The van der Waals surface area contributed by atoms with Crippen LogP contribution >= 0.6 is 11.8 Å². The van der Waals surface area contributed by atoms with Crippen molar-refractivity contribution in [1.29, 1.82) is 0 Å². The van der Waals surface area contributed by atoms with Crippen molar-refractivity contribution < 1.29 is 9.59 Å². The topological polar surface area (TPSA) is 84.2 Å². The third kappa shape index (κ3) is 7.48. The molecule has 104 valence electrons. The highest BCUT2D eigenvalue weighted by Crippen LogP contribution is 2.10. The summed E-state index contributed by atoms with van der Waals surface area (Å²) < 4.78 is 0. The molecule has 0 aliphatic heterocycles. The summed E-state index contributed by atoms with van der Waals surface area (Å²) in [6.45, 7) is 0.828. The van der Waals surface area contributed by atoms with Crippen LogP contribution in [0, 0.1) is 0 Å². The predicted molar refractivity (Wildman–Crippen MR) is 77.7 cm³/mol. The molecule has 6 heteroatoms. The Morgan fingerprint density at radius 2 is 1.84 bits per heavy atom. The molecule has 1 rings (SSSR count). The van der Waals surface area contributed by atoms with Gasteiger partial charge in [-0.15, -0.1) is 11.8 Å². The van der Waals surface area contributed by atoms with E-state index in [-0.39, 0.29) is 18.4 Å². The highest BCUT2D eigenvalue weighted by atomic mass is 32.2. The second kappa shape index (κ2) is 9.41. The number of amides is 2. The minimum absolute atomic E-state index is 0.00469. The molecule has 2 amide bonds. The first-order chi connectivity index (χ1) is 9.22. The van der Waals surface area contributed by atoms with E-state index in [1.54, 1.807) is 0 Å². The fraction of sp³-hybridized carbons (Fsp3) is 0.385. The zero-order valence-electron chi connectivity index (χ0n) is 10.7. The number of nitrogens with two attached hydrogens (primary N) is 1. The molecule has 0 radical (unpaired) electrons. The summed E-state index contributed by atoms with van der Waals surface area (Å²) >= 11 is 1.52. The van der Waals surface area contributed by atoms with Crippen LogP contribution in [-0.2, 0) is 15.3 Å². The first kappa shape index (κ1) is 15.5. The normalized spacial score (nSPS) is 9.95. The summed E-state index contributed by atoms with van der Waals surface area (Å²) in [4.78, 5) is 22.7. The Morgan fingerprint density at radius 3 is 2.53 bits per heavy atom. The zero-order valence-corrected chi connectivity index (χ0v) is 11.5. The molecule has 19 heavy (non-hydrogen) atoms. The number of carbonyl (C=O) groups is 2. The Bertz CT molecular complexity index is 398. The summed E-state index contributed by atoms with van der Waals surface area (Å²) in [6, 6.07) is 9.94. The molecule has 0 aliphatic rings. The molecular weight excluding hydrogens is 262 g/mol. The van der Waals surface area contributed by atoms with Gasteiger partial charge in [-0.3, -0.25) is 9.59 Å². The van der Waals surface area contributed by atoms with Crippen molar-refractivity contribution in [3.05, 3.63) is 35.9 Å². The van der Waals surface area contributed by atoms with Gasteiger partial charge in [-0.2, -0.15) is 0 Å². The molecule has 0 atom stereocenters. The van der Waals surface area contributed by atoms with Crippen molar-refractivity contribution in [2.24, 2.45) is 5.73 Å². The summed E-state index contributed by atoms with van der Waals surface area (Å²) in [5.41, 5.74) is 6.43. The molecule has 0 saturated carbocycles. The van der Waals surface area contributed by atoms with Gasteiger partial charge in [0, 0.05) is 18.8 Å². The summed E-state index contributed by atoms with van der Waals surface area (Å²) in [5, 5.41) is 5.15. The number of hydrogen-bond donors (Lipinski definition) is 3. The lowest BCUT2D eigenvalue weighted by atomic mass is 10.2. The lowest BCUT2D eigenvalue weighted by molar-refractivity contribution is -0.124. The molecule has 5 nitrogen and oxygen atoms in total. The number of carbonyl (C=O) groups excluding carboxylic acids is 2. The Labute approximate surface area is 117 Å². The lowest BCUT2D eigenvalue weighted by Crippen LogP contribution is -2.39. The molecule has 0 spiro atoms. The maximum Gasteiger partial charge on any atom is 0.239 e. The van der Waals surface area contributed by atoms with Crippen molar-refractivity contribution >= 4 is 23.6 Å². The number of nitrogens with one attached hydrogen (secondary N) is 2. The molecule has 1 aromatic rings. The van der Waals surface area contributed by atoms with Gasteiger partial charge in [0.25, 0.3) is 0 Å². The predicted octanol–water partition coefficient (Wildman–Crippen LogP) is 0.111. The fourth-order valence-electron chi connectivity index (χ4n) is 1.34. The Hall–Kier alpha value is -1.53. The molecule has 0 saturated heterocycles. The van der Waals surface area contributed by atoms with Crippen LogP contribution in [0.3, 0.4) is 0 Å². The molecule has 0 unspecified atom stereocenters. The molecule has 0 bridgehead atoms. The monoisotopic (exact) mass is 281 g/mol. The maximum atomic E-state index is 11.5. The Morgan fingerprint density at radius 1 is 1.11 bits per heavy atom.